The molecule has 0 radical (unpaired) electrons. The van der Waals surface area contributed by atoms with E-state index in [-0.39, 0.29) is 5.95 Å². The molecule has 0 spiro atoms. The summed E-state index contributed by atoms with van der Waals surface area (Å²) >= 11 is 0. The molecule has 0 aromatic carbocycles. The van der Waals surface area contributed by atoms with E-state index in [0.29, 0.717) is 11.5 Å². The normalized spacial score (nSPS) is 14.0. The second-order valence-corrected chi connectivity index (χ2v) is 5.50. The van der Waals surface area contributed by atoms with Crippen LogP contribution in [-0.4, -0.2) is 19.9 Å². The smallest absolute Gasteiger partial charge is 0.224 e. The Bertz CT molecular complexity index is 860. The second kappa shape index (κ2) is 4.91. The number of nitrogen functional groups attached to an aromatic ring is 2. The summed E-state index contributed by atoms with van der Waals surface area (Å²) in [4.78, 5) is 17.6. The highest BCUT2D eigenvalue weighted by atomic mass is 15.1. The number of fused-ring (bicyclic) bond motifs is 2. The Morgan fingerprint density at radius 1 is 0.955 bits per heavy atom. The van der Waals surface area contributed by atoms with E-state index in [0.717, 1.165) is 48.0 Å². The molecule has 0 atom stereocenters. The number of hydrogen-bond donors (Lipinski definition) is 2. The summed E-state index contributed by atoms with van der Waals surface area (Å²) in [5.41, 5.74) is 16.6. The van der Waals surface area contributed by atoms with Crippen LogP contribution < -0.4 is 11.5 Å². The summed E-state index contributed by atoms with van der Waals surface area (Å²) in [6.07, 6.45) is 6.01. The van der Waals surface area contributed by atoms with E-state index >= 15 is 0 Å². The molecule has 1 aliphatic carbocycles. The summed E-state index contributed by atoms with van der Waals surface area (Å²) in [5.74, 6) is 0.518. The number of rotatable bonds is 1. The van der Waals surface area contributed by atoms with Crippen molar-refractivity contribution in [3.63, 3.8) is 0 Å². The van der Waals surface area contributed by atoms with Gasteiger partial charge in [0, 0.05) is 17.5 Å². The lowest BCUT2D eigenvalue weighted by atomic mass is 9.89. The predicted octanol–water partition coefficient (Wildman–Crippen LogP) is 2.13. The summed E-state index contributed by atoms with van der Waals surface area (Å²) in [6.45, 7) is 0. The van der Waals surface area contributed by atoms with E-state index in [1.54, 1.807) is 6.20 Å². The standard InChI is InChI=1S/C16H16N6/c17-14-13-12(11-7-3-4-8-19-11)9-5-1-2-6-10(9)20-15(13)22-16(18)21-14/h3-4,7-8H,1-2,5-6H2,(H4,17,18,20,21,22). The van der Waals surface area contributed by atoms with Crippen molar-refractivity contribution in [1.29, 1.82) is 0 Å². The molecule has 6 nitrogen and oxygen atoms in total. The summed E-state index contributed by atoms with van der Waals surface area (Å²) in [5, 5.41) is 0.758. The van der Waals surface area contributed by atoms with Crippen molar-refractivity contribution < 1.29 is 0 Å². The minimum atomic E-state index is 0.153. The Labute approximate surface area is 127 Å². The van der Waals surface area contributed by atoms with E-state index < -0.39 is 0 Å². The first-order valence-corrected chi connectivity index (χ1v) is 7.40. The molecule has 4 rings (SSSR count). The Hall–Kier alpha value is -2.76. The summed E-state index contributed by atoms with van der Waals surface area (Å²) < 4.78 is 0. The van der Waals surface area contributed by atoms with Crippen LogP contribution in [0.1, 0.15) is 24.1 Å². The molecule has 3 aromatic rings. The molecule has 3 aromatic heterocycles. The Kier molecular flexibility index (Phi) is 2.89. The number of aryl methyl sites for hydroxylation is 1. The number of nitrogens with zero attached hydrogens (tertiary/aromatic N) is 4. The van der Waals surface area contributed by atoms with Crippen molar-refractivity contribution >= 4 is 22.8 Å². The molecule has 6 heteroatoms. The van der Waals surface area contributed by atoms with Crippen molar-refractivity contribution in [1.82, 2.24) is 19.9 Å². The van der Waals surface area contributed by atoms with Gasteiger partial charge in [-0.3, -0.25) is 4.98 Å². The van der Waals surface area contributed by atoms with Crippen LogP contribution in [0.3, 0.4) is 0 Å². The number of nitrogens with two attached hydrogens (primary N) is 2. The maximum absolute atomic E-state index is 6.13. The number of hydrogen-bond acceptors (Lipinski definition) is 6. The number of anilines is 2. The van der Waals surface area contributed by atoms with Crippen LogP contribution in [0.25, 0.3) is 22.3 Å². The molecule has 0 fully saturated rings. The van der Waals surface area contributed by atoms with Gasteiger partial charge in [-0.05, 0) is 43.4 Å². The second-order valence-electron chi connectivity index (χ2n) is 5.50. The molecular weight excluding hydrogens is 276 g/mol. The van der Waals surface area contributed by atoms with Crippen molar-refractivity contribution in [2.24, 2.45) is 0 Å². The first-order valence-electron chi connectivity index (χ1n) is 7.40. The molecule has 0 amide bonds. The average molecular weight is 292 g/mol. The van der Waals surface area contributed by atoms with Gasteiger partial charge in [0.15, 0.2) is 5.65 Å². The quantitative estimate of drug-likeness (QED) is 0.712. The third-order valence-electron chi connectivity index (χ3n) is 4.09. The Morgan fingerprint density at radius 2 is 1.82 bits per heavy atom. The fourth-order valence-corrected chi connectivity index (χ4v) is 3.16. The van der Waals surface area contributed by atoms with Gasteiger partial charge in [-0.15, -0.1) is 0 Å². The molecule has 0 bridgehead atoms. The van der Waals surface area contributed by atoms with Crippen LogP contribution in [0.15, 0.2) is 24.4 Å². The van der Waals surface area contributed by atoms with Crippen LogP contribution in [0.4, 0.5) is 11.8 Å². The molecule has 22 heavy (non-hydrogen) atoms. The molecule has 0 aliphatic heterocycles. The predicted molar refractivity (Wildman–Crippen MR) is 86.0 cm³/mol. The minimum Gasteiger partial charge on any atom is -0.383 e. The van der Waals surface area contributed by atoms with Gasteiger partial charge in [0.25, 0.3) is 0 Å². The molecular formula is C16H16N6. The van der Waals surface area contributed by atoms with Crippen molar-refractivity contribution in [2.45, 2.75) is 25.7 Å². The van der Waals surface area contributed by atoms with E-state index in [1.165, 1.54) is 5.56 Å². The van der Waals surface area contributed by atoms with Crippen molar-refractivity contribution in [3.8, 4) is 11.3 Å². The third kappa shape index (κ3) is 1.95. The van der Waals surface area contributed by atoms with E-state index in [1.807, 2.05) is 18.2 Å². The molecule has 4 N–H and O–H groups in total. The monoisotopic (exact) mass is 292 g/mol. The van der Waals surface area contributed by atoms with Gasteiger partial charge in [-0.2, -0.15) is 9.97 Å². The Morgan fingerprint density at radius 3 is 2.64 bits per heavy atom. The van der Waals surface area contributed by atoms with Gasteiger partial charge in [-0.1, -0.05) is 6.07 Å². The van der Waals surface area contributed by atoms with E-state index in [2.05, 4.69) is 19.9 Å². The largest absolute Gasteiger partial charge is 0.383 e. The van der Waals surface area contributed by atoms with Crippen LogP contribution >= 0.6 is 0 Å². The zero-order valence-electron chi connectivity index (χ0n) is 12.1. The molecule has 0 unspecified atom stereocenters. The first kappa shape index (κ1) is 12.9. The molecule has 3 heterocycles. The van der Waals surface area contributed by atoms with Crippen LogP contribution in [0.2, 0.25) is 0 Å². The van der Waals surface area contributed by atoms with Gasteiger partial charge in [0.1, 0.15) is 5.82 Å². The lowest BCUT2D eigenvalue weighted by Crippen LogP contribution is -2.11. The zero-order valence-corrected chi connectivity index (χ0v) is 12.1. The fraction of sp³-hybridized carbons (Fsp3) is 0.250. The van der Waals surface area contributed by atoms with Crippen LogP contribution in [0.5, 0.6) is 0 Å². The van der Waals surface area contributed by atoms with Gasteiger partial charge >= 0.3 is 0 Å². The van der Waals surface area contributed by atoms with Gasteiger partial charge in [0.05, 0.1) is 11.1 Å². The summed E-state index contributed by atoms with van der Waals surface area (Å²) in [6, 6.07) is 5.86. The lowest BCUT2D eigenvalue weighted by Gasteiger charge is -2.20. The molecule has 1 aliphatic rings. The Balaban J connectivity index is 2.15. The lowest BCUT2D eigenvalue weighted by molar-refractivity contribution is 0.671. The van der Waals surface area contributed by atoms with Crippen molar-refractivity contribution in [3.05, 3.63) is 35.7 Å². The zero-order chi connectivity index (χ0) is 15.1. The highest BCUT2D eigenvalue weighted by Crippen LogP contribution is 2.37. The molecule has 0 saturated carbocycles. The SMILES string of the molecule is Nc1nc(N)c2c(-c3ccccn3)c3c(nc2n1)CCCC3. The number of pyridine rings is 2. The van der Waals surface area contributed by atoms with Gasteiger partial charge in [0.2, 0.25) is 5.95 Å². The van der Waals surface area contributed by atoms with E-state index in [4.69, 9.17) is 11.5 Å². The van der Waals surface area contributed by atoms with Crippen LogP contribution in [0, 0.1) is 0 Å². The number of aromatic nitrogens is 4. The fourth-order valence-electron chi connectivity index (χ4n) is 3.16. The summed E-state index contributed by atoms with van der Waals surface area (Å²) in [7, 11) is 0. The highest BCUT2D eigenvalue weighted by Gasteiger charge is 2.22. The highest BCUT2D eigenvalue weighted by molar-refractivity contribution is 6.01. The topological polar surface area (TPSA) is 104 Å². The molecule has 110 valence electrons. The third-order valence-corrected chi connectivity index (χ3v) is 4.09. The average Bonchev–Trinajstić information content (AvgIpc) is 2.53. The van der Waals surface area contributed by atoms with Crippen molar-refractivity contribution in [2.75, 3.05) is 11.5 Å². The first-order chi connectivity index (χ1) is 10.7. The maximum atomic E-state index is 6.13. The molecule has 0 saturated heterocycles. The van der Waals surface area contributed by atoms with Gasteiger partial charge in [-0.25, -0.2) is 4.98 Å². The van der Waals surface area contributed by atoms with Crippen LogP contribution in [-0.2, 0) is 12.8 Å². The van der Waals surface area contributed by atoms with E-state index in [9.17, 15) is 0 Å². The minimum absolute atomic E-state index is 0.153. The van der Waals surface area contributed by atoms with Gasteiger partial charge < -0.3 is 11.5 Å². The maximum Gasteiger partial charge on any atom is 0.224 e.